The second-order valence-electron chi connectivity index (χ2n) is 6.54. The average molecular weight is 375 g/mol. The van der Waals surface area contributed by atoms with Crippen LogP contribution in [0.1, 0.15) is 38.1 Å². The molecule has 0 aromatic heterocycles. The maximum atomic E-state index is 12.4. The van der Waals surface area contributed by atoms with E-state index in [4.69, 9.17) is 5.14 Å². The Morgan fingerprint density at radius 1 is 1.24 bits per heavy atom. The molecule has 1 aromatic rings. The number of nitrogens with two attached hydrogens (primary N) is 1. The van der Waals surface area contributed by atoms with Crippen molar-refractivity contribution in [1.82, 2.24) is 5.32 Å². The first-order valence-corrected chi connectivity index (χ1v) is 8.86. The van der Waals surface area contributed by atoms with E-state index in [0.717, 1.165) is 0 Å². The number of benzene rings is 1. The summed E-state index contributed by atoms with van der Waals surface area (Å²) in [4.78, 5) is 12.3. The fraction of sp³-hybridized carbons (Fsp3) is 0.500. The molecule has 0 spiro atoms. The Bertz CT molecular complexity index is 697. The van der Waals surface area contributed by atoms with Gasteiger partial charge in [-0.05, 0) is 45.0 Å². The highest BCUT2D eigenvalue weighted by molar-refractivity contribution is 9.10. The molecular weight excluding hydrogens is 356 g/mol. The zero-order valence-electron chi connectivity index (χ0n) is 12.4. The highest BCUT2D eigenvalue weighted by Gasteiger charge is 2.65. The van der Waals surface area contributed by atoms with Crippen molar-refractivity contribution in [3.63, 3.8) is 0 Å². The maximum absolute atomic E-state index is 12.4. The number of nitrogens with one attached hydrogen (secondary N) is 1. The van der Waals surface area contributed by atoms with E-state index in [9.17, 15) is 13.2 Å². The number of rotatable bonds is 3. The van der Waals surface area contributed by atoms with Crippen LogP contribution in [0.25, 0.3) is 0 Å². The summed E-state index contributed by atoms with van der Waals surface area (Å²) in [5.74, 6) is -0.309. The van der Waals surface area contributed by atoms with Crippen LogP contribution >= 0.6 is 15.9 Å². The molecule has 1 saturated carbocycles. The Kier molecular flexibility index (Phi) is 3.75. The van der Waals surface area contributed by atoms with Gasteiger partial charge in [0.05, 0.1) is 10.5 Å². The molecule has 3 N–H and O–H groups in total. The standard InChI is InChI=1S/C14H19BrN2O3S/c1-13(2)12(14(13,3)4)17-11(18)9-7-8(21(16,19)20)5-6-10(9)15/h5-7,12H,1-4H3,(H,17,18)(H2,16,19,20). The molecule has 1 aliphatic carbocycles. The molecule has 7 heteroatoms. The summed E-state index contributed by atoms with van der Waals surface area (Å²) in [6, 6.07) is 4.21. The first-order chi connectivity index (χ1) is 9.39. The van der Waals surface area contributed by atoms with E-state index in [1.54, 1.807) is 0 Å². The van der Waals surface area contributed by atoms with Crippen LogP contribution in [0, 0.1) is 10.8 Å². The number of halogens is 1. The molecular formula is C14H19BrN2O3S. The van der Waals surface area contributed by atoms with Gasteiger partial charge in [0, 0.05) is 10.5 Å². The number of carbonyl (C=O) groups is 1. The highest BCUT2D eigenvalue weighted by atomic mass is 79.9. The summed E-state index contributed by atoms with van der Waals surface area (Å²) >= 11 is 3.27. The van der Waals surface area contributed by atoms with Gasteiger partial charge in [-0.2, -0.15) is 0 Å². The monoisotopic (exact) mass is 374 g/mol. The van der Waals surface area contributed by atoms with Crippen molar-refractivity contribution in [3.8, 4) is 0 Å². The van der Waals surface area contributed by atoms with E-state index >= 15 is 0 Å². The molecule has 1 amide bonds. The lowest BCUT2D eigenvalue weighted by Gasteiger charge is -2.10. The number of hydrogen-bond donors (Lipinski definition) is 2. The van der Waals surface area contributed by atoms with Crippen LogP contribution in [0.2, 0.25) is 0 Å². The number of sulfonamides is 1. The number of carbonyl (C=O) groups excluding carboxylic acids is 1. The minimum atomic E-state index is -3.83. The van der Waals surface area contributed by atoms with E-state index in [1.165, 1.54) is 18.2 Å². The van der Waals surface area contributed by atoms with Gasteiger partial charge in [0.1, 0.15) is 0 Å². The summed E-state index contributed by atoms with van der Waals surface area (Å²) in [6.07, 6.45) is 0. The lowest BCUT2D eigenvalue weighted by atomic mass is 10.0. The molecule has 0 unspecified atom stereocenters. The van der Waals surface area contributed by atoms with Crippen LogP contribution in [0.5, 0.6) is 0 Å². The lowest BCUT2D eigenvalue weighted by Crippen LogP contribution is -2.30. The Balaban J connectivity index is 2.29. The molecule has 21 heavy (non-hydrogen) atoms. The second kappa shape index (κ2) is 4.79. The smallest absolute Gasteiger partial charge is 0.252 e. The molecule has 0 saturated heterocycles. The van der Waals surface area contributed by atoms with Crippen molar-refractivity contribution in [2.24, 2.45) is 16.0 Å². The fourth-order valence-electron chi connectivity index (χ4n) is 2.62. The van der Waals surface area contributed by atoms with Crippen molar-refractivity contribution in [2.75, 3.05) is 0 Å². The van der Waals surface area contributed by atoms with Gasteiger partial charge >= 0.3 is 0 Å². The van der Waals surface area contributed by atoms with Crippen molar-refractivity contribution in [3.05, 3.63) is 28.2 Å². The Morgan fingerprint density at radius 3 is 2.19 bits per heavy atom. The van der Waals surface area contributed by atoms with Crippen LogP contribution in [-0.2, 0) is 10.0 Å². The Hall–Kier alpha value is -0.920. The lowest BCUT2D eigenvalue weighted by molar-refractivity contribution is 0.0942. The highest BCUT2D eigenvalue weighted by Crippen LogP contribution is 2.62. The normalized spacial score (nSPS) is 20.1. The van der Waals surface area contributed by atoms with Crippen molar-refractivity contribution in [1.29, 1.82) is 0 Å². The first-order valence-electron chi connectivity index (χ1n) is 6.52. The predicted octanol–water partition coefficient (Wildman–Crippen LogP) is 2.26. The predicted molar refractivity (Wildman–Crippen MR) is 84.3 cm³/mol. The third-order valence-corrected chi connectivity index (χ3v) is 6.41. The van der Waals surface area contributed by atoms with E-state index in [2.05, 4.69) is 48.9 Å². The summed E-state index contributed by atoms with van der Waals surface area (Å²) < 4.78 is 23.3. The fourth-order valence-corrected chi connectivity index (χ4v) is 3.59. The summed E-state index contributed by atoms with van der Waals surface area (Å²) in [6.45, 7) is 8.36. The molecule has 0 atom stereocenters. The van der Waals surface area contributed by atoms with Crippen molar-refractivity contribution in [2.45, 2.75) is 38.6 Å². The molecule has 0 aliphatic heterocycles. The molecule has 116 valence electrons. The Morgan fingerprint density at radius 2 is 1.76 bits per heavy atom. The van der Waals surface area contributed by atoms with Gasteiger partial charge in [0.2, 0.25) is 10.0 Å². The average Bonchev–Trinajstić information content (AvgIpc) is 2.70. The Labute approximate surface area is 133 Å². The quantitative estimate of drug-likeness (QED) is 0.849. The van der Waals surface area contributed by atoms with Crippen molar-refractivity contribution < 1.29 is 13.2 Å². The third-order valence-electron chi connectivity index (χ3n) is 4.81. The van der Waals surface area contributed by atoms with E-state index in [-0.39, 0.29) is 33.2 Å². The topological polar surface area (TPSA) is 89.3 Å². The molecule has 0 radical (unpaired) electrons. The molecule has 1 fully saturated rings. The van der Waals surface area contributed by atoms with E-state index in [1.807, 2.05) is 0 Å². The van der Waals surface area contributed by atoms with Crippen LogP contribution < -0.4 is 10.5 Å². The second-order valence-corrected chi connectivity index (χ2v) is 8.95. The first kappa shape index (κ1) is 16.5. The van der Waals surface area contributed by atoms with Gasteiger partial charge in [-0.1, -0.05) is 27.7 Å². The zero-order valence-corrected chi connectivity index (χ0v) is 14.8. The maximum Gasteiger partial charge on any atom is 0.252 e. The largest absolute Gasteiger partial charge is 0.348 e. The molecule has 1 aliphatic rings. The van der Waals surface area contributed by atoms with Crippen LogP contribution in [0.4, 0.5) is 0 Å². The molecule has 0 heterocycles. The van der Waals surface area contributed by atoms with Gasteiger partial charge in [-0.25, -0.2) is 13.6 Å². The molecule has 5 nitrogen and oxygen atoms in total. The van der Waals surface area contributed by atoms with E-state index in [0.29, 0.717) is 4.47 Å². The van der Waals surface area contributed by atoms with Gasteiger partial charge in [-0.15, -0.1) is 0 Å². The van der Waals surface area contributed by atoms with Crippen LogP contribution in [0.15, 0.2) is 27.6 Å². The number of hydrogen-bond acceptors (Lipinski definition) is 3. The van der Waals surface area contributed by atoms with Gasteiger partial charge < -0.3 is 5.32 Å². The van der Waals surface area contributed by atoms with E-state index < -0.39 is 10.0 Å². The van der Waals surface area contributed by atoms with Gasteiger partial charge in [-0.3, -0.25) is 4.79 Å². The molecule has 1 aromatic carbocycles. The van der Waals surface area contributed by atoms with Gasteiger partial charge in [0.15, 0.2) is 0 Å². The minimum Gasteiger partial charge on any atom is -0.348 e. The van der Waals surface area contributed by atoms with Crippen molar-refractivity contribution >= 4 is 31.9 Å². The molecule has 2 rings (SSSR count). The number of primary sulfonamides is 1. The SMILES string of the molecule is CC1(C)C(NC(=O)c2cc(S(N)(=O)=O)ccc2Br)C1(C)C. The molecule has 0 bridgehead atoms. The minimum absolute atomic E-state index is 0.00664. The summed E-state index contributed by atoms with van der Waals surface area (Å²) in [7, 11) is -3.83. The van der Waals surface area contributed by atoms with Crippen LogP contribution in [-0.4, -0.2) is 20.4 Å². The summed E-state index contributed by atoms with van der Waals surface area (Å²) in [5.41, 5.74) is 0.277. The van der Waals surface area contributed by atoms with Gasteiger partial charge in [0.25, 0.3) is 5.91 Å². The third kappa shape index (κ3) is 2.74. The van der Waals surface area contributed by atoms with Crippen LogP contribution in [0.3, 0.4) is 0 Å². The number of amides is 1. The summed E-state index contributed by atoms with van der Waals surface area (Å²) in [5, 5.41) is 8.07. The zero-order chi connectivity index (χ0) is 16.2.